The van der Waals surface area contributed by atoms with Crippen LogP contribution in [0.5, 0.6) is 0 Å². The van der Waals surface area contributed by atoms with Crippen molar-refractivity contribution in [1.82, 2.24) is 0 Å². The first-order valence-electron chi connectivity index (χ1n) is 8.75. The fourth-order valence-electron chi connectivity index (χ4n) is 5.29. The third-order valence-electron chi connectivity index (χ3n) is 6.20. The van der Waals surface area contributed by atoms with Crippen molar-refractivity contribution in [3.63, 3.8) is 0 Å². The second-order valence-electron chi connectivity index (χ2n) is 8.75. The van der Waals surface area contributed by atoms with E-state index >= 15 is 0 Å². The molecule has 1 spiro atoms. The summed E-state index contributed by atoms with van der Waals surface area (Å²) in [7, 11) is 0. The van der Waals surface area contributed by atoms with E-state index in [0.29, 0.717) is 5.92 Å². The molecule has 2 atom stereocenters. The molecule has 3 aliphatic rings. The third kappa shape index (κ3) is 2.66. The molecule has 0 aromatic carbocycles. The van der Waals surface area contributed by atoms with Gasteiger partial charge in [-0.1, -0.05) is 19.3 Å². The number of ether oxygens (including phenoxy) is 2. The van der Waals surface area contributed by atoms with Gasteiger partial charge in [0.2, 0.25) is 0 Å². The molecule has 2 aliphatic heterocycles. The van der Waals surface area contributed by atoms with E-state index in [4.69, 9.17) is 9.47 Å². The molecule has 21 heavy (non-hydrogen) atoms. The SMILES string of the molecule is CC1(C)CC(O)(C2CCOC3(CCCCC3)C2)C(C)(C)O1. The average molecular weight is 296 g/mol. The molecule has 2 saturated heterocycles. The summed E-state index contributed by atoms with van der Waals surface area (Å²) in [5.41, 5.74) is -1.41. The van der Waals surface area contributed by atoms with Gasteiger partial charge in [-0.05, 0) is 59.3 Å². The predicted octanol–water partition coefficient (Wildman–Crippen LogP) is 3.82. The van der Waals surface area contributed by atoms with Crippen molar-refractivity contribution in [3.05, 3.63) is 0 Å². The maximum Gasteiger partial charge on any atom is 0.0987 e. The Kier molecular flexibility index (Phi) is 3.71. The van der Waals surface area contributed by atoms with E-state index in [2.05, 4.69) is 27.7 Å². The minimum Gasteiger partial charge on any atom is -0.386 e. The molecular formula is C18H32O3. The second-order valence-corrected chi connectivity index (χ2v) is 8.75. The van der Waals surface area contributed by atoms with E-state index in [9.17, 15) is 5.11 Å². The molecule has 1 N–H and O–H groups in total. The Morgan fingerprint density at radius 1 is 1.00 bits per heavy atom. The van der Waals surface area contributed by atoms with Crippen LogP contribution in [0.2, 0.25) is 0 Å². The molecule has 2 heterocycles. The average Bonchev–Trinajstić information content (AvgIpc) is 2.55. The minimum atomic E-state index is -0.731. The summed E-state index contributed by atoms with van der Waals surface area (Å²) in [6, 6.07) is 0. The summed E-state index contributed by atoms with van der Waals surface area (Å²) in [6.07, 6.45) is 8.92. The van der Waals surface area contributed by atoms with E-state index in [1.165, 1.54) is 32.1 Å². The molecule has 122 valence electrons. The first-order chi connectivity index (χ1) is 9.68. The van der Waals surface area contributed by atoms with Gasteiger partial charge in [-0.25, -0.2) is 0 Å². The van der Waals surface area contributed by atoms with Gasteiger partial charge < -0.3 is 14.6 Å². The number of hydrogen-bond acceptors (Lipinski definition) is 3. The molecule has 0 radical (unpaired) electrons. The number of rotatable bonds is 1. The maximum absolute atomic E-state index is 11.5. The van der Waals surface area contributed by atoms with Crippen molar-refractivity contribution in [2.24, 2.45) is 5.92 Å². The molecule has 0 bridgehead atoms. The van der Waals surface area contributed by atoms with Crippen molar-refractivity contribution in [3.8, 4) is 0 Å². The number of aliphatic hydroxyl groups is 1. The van der Waals surface area contributed by atoms with Crippen LogP contribution in [0.15, 0.2) is 0 Å². The second kappa shape index (κ2) is 4.94. The smallest absolute Gasteiger partial charge is 0.0987 e. The van der Waals surface area contributed by atoms with Crippen molar-refractivity contribution in [2.45, 2.75) is 101 Å². The minimum absolute atomic E-state index is 0.0414. The van der Waals surface area contributed by atoms with Gasteiger partial charge in [0, 0.05) is 13.0 Å². The Labute approximate surface area is 129 Å². The van der Waals surface area contributed by atoms with Gasteiger partial charge in [0.05, 0.1) is 22.4 Å². The van der Waals surface area contributed by atoms with Crippen LogP contribution >= 0.6 is 0 Å². The number of hydrogen-bond donors (Lipinski definition) is 1. The Hall–Kier alpha value is -0.120. The van der Waals surface area contributed by atoms with Crippen LogP contribution in [0, 0.1) is 5.92 Å². The highest BCUT2D eigenvalue weighted by molar-refractivity contribution is 5.11. The van der Waals surface area contributed by atoms with Crippen molar-refractivity contribution in [1.29, 1.82) is 0 Å². The molecule has 0 aromatic rings. The highest BCUT2D eigenvalue weighted by Crippen LogP contribution is 2.54. The van der Waals surface area contributed by atoms with Crippen LogP contribution in [0.4, 0.5) is 0 Å². The van der Waals surface area contributed by atoms with E-state index in [-0.39, 0.29) is 11.2 Å². The third-order valence-corrected chi connectivity index (χ3v) is 6.20. The first kappa shape index (κ1) is 15.8. The molecule has 0 aromatic heterocycles. The molecule has 3 fully saturated rings. The van der Waals surface area contributed by atoms with Gasteiger partial charge >= 0.3 is 0 Å². The summed E-state index contributed by atoms with van der Waals surface area (Å²) in [5.74, 6) is 0.293. The highest BCUT2D eigenvalue weighted by atomic mass is 16.6. The highest BCUT2D eigenvalue weighted by Gasteiger charge is 2.61. The lowest BCUT2D eigenvalue weighted by Gasteiger charge is -2.50. The van der Waals surface area contributed by atoms with Crippen molar-refractivity contribution in [2.75, 3.05) is 6.61 Å². The molecule has 3 heteroatoms. The van der Waals surface area contributed by atoms with E-state index in [1.54, 1.807) is 0 Å². The summed E-state index contributed by atoms with van der Waals surface area (Å²) in [5, 5.41) is 11.5. The topological polar surface area (TPSA) is 38.7 Å². The van der Waals surface area contributed by atoms with Crippen LogP contribution in [-0.4, -0.2) is 34.1 Å². The molecule has 1 saturated carbocycles. The van der Waals surface area contributed by atoms with Crippen LogP contribution in [-0.2, 0) is 9.47 Å². The van der Waals surface area contributed by atoms with Crippen LogP contribution in [0.25, 0.3) is 0 Å². The Balaban J connectivity index is 1.82. The fourth-order valence-corrected chi connectivity index (χ4v) is 5.29. The molecular weight excluding hydrogens is 264 g/mol. The first-order valence-corrected chi connectivity index (χ1v) is 8.75. The predicted molar refractivity (Wildman–Crippen MR) is 83.3 cm³/mol. The van der Waals surface area contributed by atoms with Gasteiger partial charge in [0.1, 0.15) is 0 Å². The lowest BCUT2D eigenvalue weighted by atomic mass is 9.65. The van der Waals surface area contributed by atoms with E-state index in [0.717, 1.165) is 25.9 Å². The van der Waals surface area contributed by atoms with Gasteiger partial charge in [-0.3, -0.25) is 0 Å². The van der Waals surface area contributed by atoms with Crippen LogP contribution in [0.3, 0.4) is 0 Å². The maximum atomic E-state index is 11.5. The quantitative estimate of drug-likeness (QED) is 0.799. The largest absolute Gasteiger partial charge is 0.386 e. The summed E-state index contributed by atoms with van der Waals surface area (Å²) >= 11 is 0. The Morgan fingerprint density at radius 2 is 1.67 bits per heavy atom. The Morgan fingerprint density at radius 3 is 2.24 bits per heavy atom. The lowest BCUT2D eigenvalue weighted by Crippen LogP contribution is -2.56. The van der Waals surface area contributed by atoms with E-state index in [1.807, 2.05) is 0 Å². The fraction of sp³-hybridized carbons (Fsp3) is 1.00. The zero-order valence-electron chi connectivity index (χ0n) is 14.2. The zero-order valence-corrected chi connectivity index (χ0v) is 14.2. The van der Waals surface area contributed by atoms with Crippen LogP contribution < -0.4 is 0 Å². The molecule has 2 unspecified atom stereocenters. The Bertz CT molecular complexity index is 390. The van der Waals surface area contributed by atoms with E-state index < -0.39 is 11.2 Å². The normalized spacial score (nSPS) is 41.3. The van der Waals surface area contributed by atoms with Gasteiger partial charge in [0.15, 0.2) is 0 Å². The monoisotopic (exact) mass is 296 g/mol. The standard InChI is InChI=1S/C18H32O3/c1-15(2)13-18(19,16(3,4)21-15)14-8-11-20-17(12-14)9-6-5-7-10-17/h14,19H,5-13H2,1-4H3. The van der Waals surface area contributed by atoms with Gasteiger partial charge in [-0.15, -0.1) is 0 Å². The van der Waals surface area contributed by atoms with Gasteiger partial charge in [0.25, 0.3) is 0 Å². The summed E-state index contributed by atoms with van der Waals surface area (Å²) in [4.78, 5) is 0. The molecule has 3 nitrogen and oxygen atoms in total. The van der Waals surface area contributed by atoms with Gasteiger partial charge in [-0.2, -0.15) is 0 Å². The molecule has 3 rings (SSSR count). The van der Waals surface area contributed by atoms with Crippen molar-refractivity contribution < 1.29 is 14.6 Å². The molecule has 1 aliphatic carbocycles. The zero-order chi connectivity index (χ0) is 15.4. The molecule has 0 amide bonds. The van der Waals surface area contributed by atoms with Crippen molar-refractivity contribution >= 4 is 0 Å². The summed E-state index contributed by atoms with van der Waals surface area (Å²) < 4.78 is 12.4. The summed E-state index contributed by atoms with van der Waals surface area (Å²) in [6.45, 7) is 9.11. The van der Waals surface area contributed by atoms with Crippen LogP contribution in [0.1, 0.15) is 79.1 Å². The lowest BCUT2D eigenvalue weighted by molar-refractivity contribution is -0.192.